The molecule has 1 amide bonds. The number of nitrogens with one attached hydrogen (secondary N) is 1. The first-order valence-corrected chi connectivity index (χ1v) is 7.35. The zero-order valence-electron chi connectivity index (χ0n) is 12.9. The van der Waals surface area contributed by atoms with Gasteiger partial charge in [-0.05, 0) is 52.8 Å². The first-order chi connectivity index (χ1) is 10.8. The molecule has 23 heavy (non-hydrogen) atoms. The maximum atomic E-state index is 14.5. The van der Waals surface area contributed by atoms with Gasteiger partial charge in [-0.1, -0.05) is 26.0 Å². The molecular formula is C18H17F2NO2. The quantitative estimate of drug-likeness (QED) is 0.855. The third-order valence-electron chi connectivity index (χ3n) is 4.37. The highest BCUT2D eigenvalue weighted by Gasteiger charge is 2.40. The van der Waals surface area contributed by atoms with Crippen molar-refractivity contribution in [2.75, 3.05) is 0 Å². The van der Waals surface area contributed by atoms with Crippen molar-refractivity contribution >= 4 is 6.09 Å². The largest absolute Gasteiger partial charge is 0.465 e. The second kappa shape index (κ2) is 5.33. The van der Waals surface area contributed by atoms with Crippen LogP contribution >= 0.6 is 0 Å². The van der Waals surface area contributed by atoms with Gasteiger partial charge in [-0.15, -0.1) is 0 Å². The van der Waals surface area contributed by atoms with E-state index in [2.05, 4.69) is 5.32 Å². The van der Waals surface area contributed by atoms with Gasteiger partial charge in [-0.2, -0.15) is 0 Å². The molecule has 0 saturated carbocycles. The lowest BCUT2D eigenvalue weighted by molar-refractivity contribution is 0.175. The van der Waals surface area contributed by atoms with E-state index in [0.29, 0.717) is 23.1 Å². The molecule has 1 aliphatic rings. The van der Waals surface area contributed by atoms with Crippen LogP contribution in [-0.2, 0) is 6.42 Å². The Morgan fingerprint density at radius 2 is 2.00 bits per heavy atom. The Kier molecular flexibility index (Phi) is 3.59. The second-order valence-electron chi connectivity index (χ2n) is 6.59. The molecule has 3 rings (SSSR count). The fourth-order valence-electron chi connectivity index (χ4n) is 3.34. The van der Waals surface area contributed by atoms with Gasteiger partial charge in [0.05, 0.1) is 6.04 Å². The van der Waals surface area contributed by atoms with Crippen LogP contribution in [0.3, 0.4) is 0 Å². The third kappa shape index (κ3) is 2.79. The zero-order valence-corrected chi connectivity index (χ0v) is 12.9. The molecule has 0 spiro atoms. The van der Waals surface area contributed by atoms with Crippen LogP contribution in [0, 0.1) is 17.0 Å². The minimum atomic E-state index is -1.13. The number of amides is 1. The molecule has 0 radical (unpaired) electrons. The topological polar surface area (TPSA) is 49.3 Å². The summed E-state index contributed by atoms with van der Waals surface area (Å²) in [6, 6.07) is 8.39. The summed E-state index contributed by atoms with van der Waals surface area (Å²) in [5, 5.41) is 11.5. The lowest BCUT2D eigenvalue weighted by Crippen LogP contribution is -2.34. The van der Waals surface area contributed by atoms with Crippen LogP contribution in [0.15, 0.2) is 36.4 Å². The van der Waals surface area contributed by atoms with Gasteiger partial charge in [-0.25, -0.2) is 13.6 Å². The van der Waals surface area contributed by atoms with Gasteiger partial charge in [0.2, 0.25) is 0 Å². The van der Waals surface area contributed by atoms with Crippen molar-refractivity contribution in [3.8, 4) is 11.1 Å². The highest BCUT2D eigenvalue weighted by Crippen LogP contribution is 2.46. The number of hydrogen-bond acceptors (Lipinski definition) is 1. The average molecular weight is 317 g/mol. The molecule has 3 nitrogen and oxygen atoms in total. The van der Waals surface area contributed by atoms with E-state index in [0.717, 1.165) is 5.56 Å². The molecular weight excluding hydrogens is 300 g/mol. The van der Waals surface area contributed by atoms with Gasteiger partial charge >= 0.3 is 6.09 Å². The predicted molar refractivity (Wildman–Crippen MR) is 83.2 cm³/mol. The highest BCUT2D eigenvalue weighted by molar-refractivity contribution is 5.69. The van der Waals surface area contributed by atoms with Crippen LogP contribution in [0.1, 0.15) is 31.0 Å². The number of carbonyl (C=O) groups is 1. The van der Waals surface area contributed by atoms with E-state index in [4.69, 9.17) is 5.11 Å². The minimum Gasteiger partial charge on any atom is -0.465 e. The van der Waals surface area contributed by atoms with Crippen LogP contribution in [0.25, 0.3) is 11.1 Å². The van der Waals surface area contributed by atoms with E-state index in [9.17, 15) is 13.6 Å². The molecule has 0 bridgehead atoms. The first kappa shape index (κ1) is 15.5. The Labute approximate surface area is 133 Å². The summed E-state index contributed by atoms with van der Waals surface area (Å²) in [5.41, 5.74) is 1.98. The molecule has 2 aromatic rings. The normalized spacial score (nSPS) is 18.5. The summed E-state index contributed by atoms with van der Waals surface area (Å²) in [4.78, 5) is 11.0. The van der Waals surface area contributed by atoms with Gasteiger partial charge in [-0.3, -0.25) is 0 Å². The Hall–Kier alpha value is -2.43. The molecule has 0 fully saturated rings. The van der Waals surface area contributed by atoms with Crippen LogP contribution < -0.4 is 5.32 Å². The molecule has 0 aliphatic heterocycles. The molecule has 0 saturated heterocycles. The smallest absolute Gasteiger partial charge is 0.405 e. The monoisotopic (exact) mass is 317 g/mol. The van der Waals surface area contributed by atoms with Gasteiger partial charge < -0.3 is 10.4 Å². The molecule has 0 heterocycles. The number of carboxylic acid groups (broad SMARTS) is 1. The van der Waals surface area contributed by atoms with Crippen molar-refractivity contribution in [3.05, 3.63) is 59.2 Å². The van der Waals surface area contributed by atoms with Gasteiger partial charge in [0.15, 0.2) is 0 Å². The van der Waals surface area contributed by atoms with Crippen LogP contribution in [-0.4, -0.2) is 11.2 Å². The van der Waals surface area contributed by atoms with Crippen molar-refractivity contribution in [1.82, 2.24) is 5.32 Å². The SMILES string of the molecule is CC1(C)Cc2cc(-c3cccc(F)c3)c(F)cc2C1NC(=O)O. The molecule has 5 heteroatoms. The zero-order chi connectivity index (χ0) is 16.8. The van der Waals surface area contributed by atoms with Crippen molar-refractivity contribution in [2.24, 2.45) is 5.41 Å². The molecule has 1 atom stereocenters. The van der Waals surface area contributed by atoms with Crippen LogP contribution in [0.4, 0.5) is 13.6 Å². The van der Waals surface area contributed by atoms with E-state index >= 15 is 0 Å². The highest BCUT2D eigenvalue weighted by atomic mass is 19.1. The predicted octanol–water partition coefficient (Wildman–Crippen LogP) is 4.52. The summed E-state index contributed by atoms with van der Waals surface area (Å²) in [6.45, 7) is 3.88. The van der Waals surface area contributed by atoms with E-state index in [1.54, 1.807) is 12.1 Å². The number of rotatable bonds is 2. The van der Waals surface area contributed by atoms with Crippen molar-refractivity contribution in [1.29, 1.82) is 0 Å². The van der Waals surface area contributed by atoms with E-state index < -0.39 is 23.8 Å². The second-order valence-corrected chi connectivity index (χ2v) is 6.59. The molecule has 1 unspecified atom stereocenters. The summed E-state index contributed by atoms with van der Waals surface area (Å²) >= 11 is 0. The van der Waals surface area contributed by atoms with E-state index in [1.807, 2.05) is 13.8 Å². The fraction of sp³-hybridized carbons (Fsp3) is 0.278. The Morgan fingerprint density at radius 3 is 2.65 bits per heavy atom. The van der Waals surface area contributed by atoms with Crippen molar-refractivity contribution in [3.63, 3.8) is 0 Å². The van der Waals surface area contributed by atoms with Gasteiger partial charge in [0.1, 0.15) is 11.6 Å². The number of fused-ring (bicyclic) bond motifs is 1. The Bertz CT molecular complexity index is 787. The third-order valence-corrected chi connectivity index (χ3v) is 4.37. The number of benzene rings is 2. The van der Waals surface area contributed by atoms with Crippen LogP contribution in [0.2, 0.25) is 0 Å². The molecule has 120 valence electrons. The maximum Gasteiger partial charge on any atom is 0.405 e. The Balaban J connectivity index is 2.09. The molecule has 1 aliphatic carbocycles. The number of hydrogen-bond donors (Lipinski definition) is 2. The fourth-order valence-corrected chi connectivity index (χ4v) is 3.34. The van der Waals surface area contributed by atoms with E-state index in [1.165, 1.54) is 24.3 Å². The molecule has 0 aromatic heterocycles. The summed E-state index contributed by atoms with van der Waals surface area (Å²) in [5.74, 6) is -0.905. The maximum absolute atomic E-state index is 14.5. The van der Waals surface area contributed by atoms with E-state index in [-0.39, 0.29) is 5.41 Å². The van der Waals surface area contributed by atoms with Gasteiger partial charge in [0.25, 0.3) is 0 Å². The standard InChI is InChI=1S/C18H17F2NO2/c1-18(2)9-11-7-13(10-4-3-5-12(19)6-10)15(20)8-14(11)16(18)21-17(22)23/h3-8,16,21H,9H2,1-2H3,(H,22,23). The van der Waals surface area contributed by atoms with Gasteiger partial charge in [0, 0.05) is 5.56 Å². The van der Waals surface area contributed by atoms with Crippen molar-refractivity contribution < 1.29 is 18.7 Å². The van der Waals surface area contributed by atoms with Crippen LogP contribution in [0.5, 0.6) is 0 Å². The lowest BCUT2D eigenvalue weighted by Gasteiger charge is -2.27. The summed E-state index contributed by atoms with van der Waals surface area (Å²) < 4.78 is 27.9. The minimum absolute atomic E-state index is 0.329. The number of halogens is 2. The van der Waals surface area contributed by atoms with Crippen molar-refractivity contribution in [2.45, 2.75) is 26.3 Å². The average Bonchev–Trinajstić information content (AvgIpc) is 2.68. The Morgan fingerprint density at radius 1 is 1.26 bits per heavy atom. The summed E-state index contributed by atoms with van der Waals surface area (Å²) in [7, 11) is 0. The summed E-state index contributed by atoms with van der Waals surface area (Å²) in [6.07, 6.45) is -0.513. The first-order valence-electron chi connectivity index (χ1n) is 7.35. The molecule has 2 aromatic carbocycles. The molecule has 2 N–H and O–H groups in total. The lowest BCUT2D eigenvalue weighted by atomic mass is 9.85.